The Hall–Kier alpha value is -2.16. The van der Waals surface area contributed by atoms with Crippen LogP contribution in [0.4, 0.5) is 17.1 Å². The minimum absolute atomic E-state index is 0.488. The fraction of sp³-hybridized carbons (Fsp3) is 0.333. The molecule has 0 fully saturated rings. The van der Waals surface area contributed by atoms with E-state index in [9.17, 15) is 0 Å². The van der Waals surface area contributed by atoms with Crippen molar-refractivity contribution in [3.63, 3.8) is 0 Å². The van der Waals surface area contributed by atoms with Crippen molar-refractivity contribution in [2.45, 2.75) is 33.2 Å². The molecule has 0 amide bonds. The molecule has 0 aliphatic carbocycles. The van der Waals surface area contributed by atoms with Gasteiger partial charge >= 0.3 is 0 Å². The van der Waals surface area contributed by atoms with Crippen molar-refractivity contribution < 1.29 is 4.74 Å². The van der Waals surface area contributed by atoms with Crippen molar-refractivity contribution in [3.05, 3.63) is 48.5 Å². The maximum atomic E-state index is 5.63. The molecular formula is C18H24N2O. The van der Waals surface area contributed by atoms with Gasteiger partial charge in [-0.25, -0.2) is 0 Å². The highest BCUT2D eigenvalue weighted by atomic mass is 16.5. The first kappa shape index (κ1) is 15.2. The minimum Gasteiger partial charge on any atom is -0.492 e. The smallest absolute Gasteiger partial charge is 0.142 e. The third kappa shape index (κ3) is 4.42. The Bertz CT molecular complexity index is 551. The summed E-state index contributed by atoms with van der Waals surface area (Å²) in [4.78, 5) is 0. The van der Waals surface area contributed by atoms with Gasteiger partial charge in [0.15, 0.2) is 0 Å². The summed E-state index contributed by atoms with van der Waals surface area (Å²) in [5.74, 6) is 0.877. The quantitative estimate of drug-likeness (QED) is 0.747. The summed E-state index contributed by atoms with van der Waals surface area (Å²) in [5.41, 5.74) is 3.19. The number of hydrogen-bond acceptors (Lipinski definition) is 3. The molecule has 2 aromatic rings. The highest BCUT2D eigenvalue weighted by Gasteiger charge is 2.03. The van der Waals surface area contributed by atoms with E-state index >= 15 is 0 Å². The van der Waals surface area contributed by atoms with Crippen LogP contribution in [0.25, 0.3) is 0 Å². The Balaban J connectivity index is 2.06. The van der Waals surface area contributed by atoms with Crippen molar-refractivity contribution in [1.82, 2.24) is 0 Å². The van der Waals surface area contributed by atoms with Crippen molar-refractivity contribution in [1.29, 1.82) is 0 Å². The van der Waals surface area contributed by atoms with Gasteiger partial charge in [-0.15, -0.1) is 0 Å². The van der Waals surface area contributed by atoms with Gasteiger partial charge < -0.3 is 15.4 Å². The number of hydrogen-bond donors (Lipinski definition) is 2. The van der Waals surface area contributed by atoms with Gasteiger partial charge in [0, 0.05) is 17.4 Å². The summed E-state index contributed by atoms with van der Waals surface area (Å²) in [6.07, 6.45) is 1.11. The molecule has 3 heteroatoms. The molecule has 112 valence electrons. The summed E-state index contributed by atoms with van der Waals surface area (Å²) in [6.45, 7) is 7.02. The molecule has 2 N–H and O–H groups in total. The standard InChI is InChI=1S/C18H24N2O/c1-4-14(3)19-15-10-12-16(13-11-15)20-17-8-6-7-9-18(17)21-5-2/h6-14,19-20H,4-5H2,1-3H3. The van der Waals surface area contributed by atoms with Gasteiger partial charge in [0.25, 0.3) is 0 Å². The molecule has 0 aliphatic heterocycles. The van der Waals surface area contributed by atoms with Crippen LogP contribution in [0.2, 0.25) is 0 Å². The van der Waals surface area contributed by atoms with Crippen LogP contribution in [0.3, 0.4) is 0 Å². The molecule has 0 aliphatic rings. The summed E-state index contributed by atoms with van der Waals surface area (Å²) in [7, 11) is 0. The number of anilines is 3. The predicted molar refractivity (Wildman–Crippen MR) is 90.7 cm³/mol. The largest absolute Gasteiger partial charge is 0.492 e. The van der Waals surface area contributed by atoms with Crippen LogP contribution in [0.5, 0.6) is 5.75 Å². The number of benzene rings is 2. The maximum absolute atomic E-state index is 5.63. The number of rotatable bonds is 7. The second-order valence-electron chi connectivity index (χ2n) is 5.09. The van der Waals surface area contributed by atoms with E-state index in [1.807, 2.05) is 31.2 Å². The van der Waals surface area contributed by atoms with Crippen LogP contribution >= 0.6 is 0 Å². The summed E-state index contributed by atoms with van der Waals surface area (Å²) in [6, 6.07) is 16.8. The van der Waals surface area contributed by atoms with Crippen LogP contribution in [-0.2, 0) is 0 Å². The second-order valence-corrected chi connectivity index (χ2v) is 5.09. The molecule has 2 rings (SSSR count). The van der Waals surface area contributed by atoms with E-state index in [1.165, 1.54) is 0 Å². The van der Waals surface area contributed by atoms with Gasteiger partial charge in [0.2, 0.25) is 0 Å². The monoisotopic (exact) mass is 284 g/mol. The van der Waals surface area contributed by atoms with Crippen LogP contribution < -0.4 is 15.4 Å². The molecular weight excluding hydrogens is 260 g/mol. The lowest BCUT2D eigenvalue weighted by atomic mass is 10.2. The highest BCUT2D eigenvalue weighted by molar-refractivity contribution is 5.67. The normalized spacial score (nSPS) is 11.8. The summed E-state index contributed by atoms with van der Waals surface area (Å²) < 4.78 is 5.63. The van der Waals surface area contributed by atoms with Crippen LogP contribution in [0.15, 0.2) is 48.5 Å². The minimum atomic E-state index is 0.488. The van der Waals surface area contributed by atoms with Gasteiger partial charge in [0.05, 0.1) is 12.3 Å². The Morgan fingerprint density at radius 1 is 0.952 bits per heavy atom. The topological polar surface area (TPSA) is 33.3 Å². The Morgan fingerprint density at radius 3 is 2.29 bits per heavy atom. The van der Waals surface area contributed by atoms with Crippen molar-refractivity contribution >= 4 is 17.1 Å². The lowest BCUT2D eigenvalue weighted by molar-refractivity contribution is 0.342. The zero-order chi connectivity index (χ0) is 15.1. The summed E-state index contributed by atoms with van der Waals surface area (Å²) >= 11 is 0. The van der Waals surface area contributed by atoms with Crippen LogP contribution in [-0.4, -0.2) is 12.6 Å². The molecule has 0 bridgehead atoms. The van der Waals surface area contributed by atoms with Gasteiger partial charge in [0.1, 0.15) is 5.75 Å². The van der Waals surface area contributed by atoms with Gasteiger partial charge in [-0.05, 0) is 56.7 Å². The molecule has 3 nitrogen and oxygen atoms in total. The third-order valence-corrected chi connectivity index (χ3v) is 3.38. The SMILES string of the molecule is CCOc1ccccc1Nc1ccc(NC(C)CC)cc1. The van der Waals surface area contributed by atoms with E-state index in [2.05, 4.69) is 48.7 Å². The Labute approximate surface area is 127 Å². The molecule has 0 saturated carbocycles. The average Bonchev–Trinajstić information content (AvgIpc) is 2.51. The van der Waals surface area contributed by atoms with Gasteiger partial charge in [-0.2, -0.15) is 0 Å². The number of ether oxygens (including phenoxy) is 1. The fourth-order valence-electron chi connectivity index (χ4n) is 2.04. The second kappa shape index (κ2) is 7.58. The zero-order valence-electron chi connectivity index (χ0n) is 13.0. The number of nitrogens with one attached hydrogen (secondary N) is 2. The summed E-state index contributed by atoms with van der Waals surface area (Å²) in [5, 5.41) is 6.86. The molecule has 0 spiro atoms. The average molecular weight is 284 g/mol. The maximum Gasteiger partial charge on any atom is 0.142 e. The Morgan fingerprint density at radius 2 is 1.62 bits per heavy atom. The fourth-order valence-corrected chi connectivity index (χ4v) is 2.04. The first-order valence-electron chi connectivity index (χ1n) is 7.58. The predicted octanol–water partition coefficient (Wildman–Crippen LogP) is 5.04. The van der Waals surface area contributed by atoms with E-state index in [-0.39, 0.29) is 0 Å². The van der Waals surface area contributed by atoms with E-state index in [0.717, 1.165) is 29.2 Å². The molecule has 1 unspecified atom stereocenters. The molecule has 1 atom stereocenters. The lowest BCUT2D eigenvalue weighted by Crippen LogP contribution is -2.13. The van der Waals surface area contributed by atoms with E-state index in [1.54, 1.807) is 0 Å². The van der Waals surface area contributed by atoms with E-state index < -0.39 is 0 Å². The molecule has 0 radical (unpaired) electrons. The first-order chi connectivity index (χ1) is 10.2. The first-order valence-corrected chi connectivity index (χ1v) is 7.58. The van der Waals surface area contributed by atoms with Crippen molar-refractivity contribution in [2.24, 2.45) is 0 Å². The molecule has 0 aromatic heterocycles. The van der Waals surface area contributed by atoms with Crippen molar-refractivity contribution in [3.8, 4) is 5.75 Å². The molecule has 0 saturated heterocycles. The third-order valence-electron chi connectivity index (χ3n) is 3.38. The van der Waals surface area contributed by atoms with Crippen molar-refractivity contribution in [2.75, 3.05) is 17.2 Å². The molecule has 0 heterocycles. The number of para-hydroxylation sites is 2. The van der Waals surface area contributed by atoms with Crippen LogP contribution in [0, 0.1) is 0 Å². The van der Waals surface area contributed by atoms with E-state index in [4.69, 9.17) is 4.74 Å². The molecule has 2 aromatic carbocycles. The van der Waals surface area contributed by atoms with E-state index in [0.29, 0.717) is 12.6 Å². The zero-order valence-corrected chi connectivity index (χ0v) is 13.0. The van der Waals surface area contributed by atoms with Gasteiger partial charge in [-0.1, -0.05) is 19.1 Å². The van der Waals surface area contributed by atoms with Gasteiger partial charge in [-0.3, -0.25) is 0 Å². The lowest BCUT2D eigenvalue weighted by Gasteiger charge is -2.15. The Kier molecular flexibility index (Phi) is 5.50. The highest BCUT2D eigenvalue weighted by Crippen LogP contribution is 2.28. The van der Waals surface area contributed by atoms with Crippen LogP contribution in [0.1, 0.15) is 27.2 Å². The molecule has 21 heavy (non-hydrogen) atoms.